The van der Waals surface area contributed by atoms with Crippen LogP contribution < -0.4 is 5.32 Å². The summed E-state index contributed by atoms with van der Waals surface area (Å²) in [6.07, 6.45) is 3.33. The number of amides is 2. The van der Waals surface area contributed by atoms with Crippen molar-refractivity contribution in [2.45, 2.75) is 26.2 Å². The van der Waals surface area contributed by atoms with Gasteiger partial charge in [0.05, 0.1) is 0 Å². The van der Waals surface area contributed by atoms with Crippen LogP contribution in [-0.4, -0.2) is 34.2 Å². The van der Waals surface area contributed by atoms with E-state index in [0.717, 1.165) is 25.9 Å². The summed E-state index contributed by atoms with van der Waals surface area (Å²) in [7, 11) is 0. The highest BCUT2D eigenvalue weighted by Crippen LogP contribution is 2.10. The summed E-state index contributed by atoms with van der Waals surface area (Å²) in [5, 5.41) is 6.17. The van der Waals surface area contributed by atoms with Gasteiger partial charge in [-0.05, 0) is 26.2 Å². The smallest absolute Gasteiger partial charge is 0.324 e. The number of urea groups is 1. The van der Waals surface area contributed by atoms with Gasteiger partial charge in [-0.15, -0.1) is 0 Å². The van der Waals surface area contributed by atoms with Crippen molar-refractivity contribution in [1.82, 2.24) is 15.0 Å². The van der Waals surface area contributed by atoms with Gasteiger partial charge in [0.1, 0.15) is 0 Å². The molecule has 2 rings (SSSR count). The molecule has 82 valence electrons. The standard InChI is InChI=1S/C9H14N4O2/c1-7-10-8(15-12-7)11-9(14)13-5-3-2-4-6-13/h2-6H2,1H3,(H,10,11,12,14). The van der Waals surface area contributed by atoms with Crippen molar-refractivity contribution in [3.8, 4) is 0 Å². The lowest BCUT2D eigenvalue weighted by molar-refractivity contribution is 0.199. The maximum Gasteiger partial charge on any atom is 0.329 e. The van der Waals surface area contributed by atoms with Gasteiger partial charge in [0.15, 0.2) is 5.82 Å². The number of likely N-dealkylation sites (tertiary alicyclic amines) is 1. The summed E-state index contributed by atoms with van der Waals surface area (Å²) in [5.41, 5.74) is 0. The molecule has 1 aromatic rings. The Labute approximate surface area is 87.6 Å². The molecule has 1 fully saturated rings. The van der Waals surface area contributed by atoms with Gasteiger partial charge >= 0.3 is 12.0 Å². The molecule has 0 radical (unpaired) electrons. The molecule has 0 spiro atoms. The largest absolute Gasteiger partial charge is 0.329 e. The van der Waals surface area contributed by atoms with Gasteiger partial charge in [0.25, 0.3) is 0 Å². The molecule has 6 heteroatoms. The number of nitrogens with zero attached hydrogens (tertiary/aromatic N) is 3. The van der Waals surface area contributed by atoms with Crippen molar-refractivity contribution in [3.05, 3.63) is 5.82 Å². The number of aromatic nitrogens is 2. The molecule has 1 aliphatic rings. The SMILES string of the molecule is Cc1noc(NC(=O)N2CCCCC2)n1. The normalized spacial score (nSPS) is 16.5. The molecular formula is C9H14N4O2. The molecule has 0 aromatic carbocycles. The summed E-state index contributed by atoms with van der Waals surface area (Å²) in [6, 6.07) is 0.0152. The Kier molecular flexibility index (Phi) is 2.84. The first-order chi connectivity index (χ1) is 7.25. The maximum atomic E-state index is 11.7. The van der Waals surface area contributed by atoms with E-state index in [1.165, 1.54) is 6.42 Å². The molecule has 1 aliphatic heterocycles. The van der Waals surface area contributed by atoms with Crippen LogP contribution in [0.4, 0.5) is 10.8 Å². The molecule has 2 heterocycles. The van der Waals surface area contributed by atoms with Crippen LogP contribution in [0.3, 0.4) is 0 Å². The van der Waals surface area contributed by atoms with E-state index in [-0.39, 0.29) is 12.0 Å². The number of rotatable bonds is 1. The van der Waals surface area contributed by atoms with Crippen molar-refractivity contribution in [1.29, 1.82) is 0 Å². The topological polar surface area (TPSA) is 71.3 Å². The van der Waals surface area contributed by atoms with Crippen LogP contribution in [0.25, 0.3) is 0 Å². The Bertz CT molecular complexity index is 344. The van der Waals surface area contributed by atoms with E-state index in [9.17, 15) is 4.79 Å². The average molecular weight is 210 g/mol. The second kappa shape index (κ2) is 4.29. The van der Waals surface area contributed by atoms with Crippen LogP contribution >= 0.6 is 0 Å². The molecular weight excluding hydrogens is 196 g/mol. The van der Waals surface area contributed by atoms with Crippen molar-refractivity contribution in [2.24, 2.45) is 0 Å². The summed E-state index contributed by atoms with van der Waals surface area (Å²) in [6.45, 7) is 3.32. The molecule has 0 atom stereocenters. The first-order valence-electron chi connectivity index (χ1n) is 5.12. The van der Waals surface area contributed by atoms with E-state index in [0.29, 0.717) is 5.82 Å². The summed E-state index contributed by atoms with van der Waals surface area (Å²) in [5.74, 6) is 0.518. The lowest BCUT2D eigenvalue weighted by Gasteiger charge is -2.25. The molecule has 1 saturated heterocycles. The van der Waals surface area contributed by atoms with Crippen molar-refractivity contribution < 1.29 is 9.32 Å². The fourth-order valence-electron chi connectivity index (χ4n) is 1.62. The second-order valence-electron chi connectivity index (χ2n) is 3.62. The third kappa shape index (κ3) is 2.45. The van der Waals surface area contributed by atoms with Gasteiger partial charge in [-0.2, -0.15) is 4.98 Å². The Morgan fingerprint density at radius 1 is 1.40 bits per heavy atom. The highest BCUT2D eigenvalue weighted by Gasteiger charge is 2.18. The first kappa shape index (κ1) is 9.95. The number of carbonyl (C=O) groups is 1. The van der Waals surface area contributed by atoms with Gasteiger partial charge < -0.3 is 9.42 Å². The van der Waals surface area contributed by atoms with Crippen LogP contribution in [0, 0.1) is 6.92 Å². The number of piperidine rings is 1. The average Bonchev–Trinajstić information content (AvgIpc) is 2.65. The minimum atomic E-state index is -0.154. The predicted molar refractivity (Wildman–Crippen MR) is 53.5 cm³/mol. The fourth-order valence-corrected chi connectivity index (χ4v) is 1.62. The van der Waals surface area contributed by atoms with Crippen molar-refractivity contribution >= 4 is 12.0 Å². The first-order valence-corrected chi connectivity index (χ1v) is 5.12. The van der Waals surface area contributed by atoms with Gasteiger partial charge in [-0.25, -0.2) is 4.79 Å². The van der Waals surface area contributed by atoms with Crippen molar-refractivity contribution in [3.63, 3.8) is 0 Å². The van der Waals surface area contributed by atoms with E-state index in [1.807, 2.05) is 0 Å². The number of hydrogen-bond acceptors (Lipinski definition) is 4. The zero-order valence-electron chi connectivity index (χ0n) is 8.69. The number of anilines is 1. The Morgan fingerprint density at radius 3 is 2.73 bits per heavy atom. The molecule has 0 saturated carbocycles. The quantitative estimate of drug-likeness (QED) is 0.760. The Hall–Kier alpha value is -1.59. The van der Waals surface area contributed by atoms with Crippen LogP contribution in [0.1, 0.15) is 25.1 Å². The van der Waals surface area contributed by atoms with Crippen LogP contribution in [0.2, 0.25) is 0 Å². The third-order valence-corrected chi connectivity index (χ3v) is 2.38. The second-order valence-corrected chi connectivity index (χ2v) is 3.62. The molecule has 15 heavy (non-hydrogen) atoms. The highest BCUT2D eigenvalue weighted by molar-refractivity contribution is 5.87. The Balaban J connectivity index is 1.91. The lowest BCUT2D eigenvalue weighted by Crippen LogP contribution is -2.38. The van der Waals surface area contributed by atoms with Gasteiger partial charge in [-0.1, -0.05) is 5.16 Å². The summed E-state index contributed by atoms with van der Waals surface area (Å²) in [4.78, 5) is 17.3. The molecule has 0 bridgehead atoms. The molecule has 0 unspecified atom stereocenters. The van der Waals surface area contributed by atoms with E-state index in [4.69, 9.17) is 4.52 Å². The minimum Gasteiger partial charge on any atom is -0.324 e. The van der Waals surface area contributed by atoms with E-state index in [2.05, 4.69) is 15.5 Å². The van der Waals surface area contributed by atoms with Gasteiger partial charge in [0, 0.05) is 13.1 Å². The third-order valence-electron chi connectivity index (χ3n) is 2.38. The van der Waals surface area contributed by atoms with Gasteiger partial charge in [-0.3, -0.25) is 5.32 Å². The maximum absolute atomic E-state index is 11.7. The summed E-state index contributed by atoms with van der Waals surface area (Å²) >= 11 is 0. The zero-order chi connectivity index (χ0) is 10.7. The molecule has 1 N–H and O–H groups in total. The minimum absolute atomic E-state index is 0.154. The van der Waals surface area contributed by atoms with Crippen LogP contribution in [0.15, 0.2) is 4.52 Å². The highest BCUT2D eigenvalue weighted by atomic mass is 16.5. The number of nitrogens with one attached hydrogen (secondary N) is 1. The lowest BCUT2D eigenvalue weighted by atomic mass is 10.1. The van der Waals surface area contributed by atoms with Crippen LogP contribution in [-0.2, 0) is 0 Å². The molecule has 2 amide bonds. The predicted octanol–water partition coefficient (Wildman–Crippen LogP) is 1.40. The zero-order valence-corrected chi connectivity index (χ0v) is 8.69. The number of carbonyl (C=O) groups excluding carboxylic acids is 1. The number of hydrogen-bond donors (Lipinski definition) is 1. The summed E-state index contributed by atoms with van der Waals surface area (Å²) < 4.78 is 4.81. The number of aryl methyl sites for hydroxylation is 1. The van der Waals surface area contributed by atoms with E-state index >= 15 is 0 Å². The molecule has 1 aromatic heterocycles. The fraction of sp³-hybridized carbons (Fsp3) is 0.667. The Morgan fingerprint density at radius 2 is 2.13 bits per heavy atom. The molecule has 6 nitrogen and oxygen atoms in total. The van der Waals surface area contributed by atoms with E-state index < -0.39 is 0 Å². The van der Waals surface area contributed by atoms with Crippen LogP contribution in [0.5, 0.6) is 0 Å². The molecule has 0 aliphatic carbocycles. The van der Waals surface area contributed by atoms with Crippen molar-refractivity contribution in [2.75, 3.05) is 18.4 Å². The monoisotopic (exact) mass is 210 g/mol. The van der Waals surface area contributed by atoms with Gasteiger partial charge in [0.2, 0.25) is 0 Å². The van der Waals surface area contributed by atoms with E-state index in [1.54, 1.807) is 11.8 Å².